The minimum absolute atomic E-state index is 0.317. The Bertz CT molecular complexity index is 604. The van der Waals surface area contributed by atoms with Gasteiger partial charge in [0.2, 0.25) is 0 Å². The number of thioether (sulfide) groups is 1. The molecule has 1 unspecified atom stereocenters. The Labute approximate surface area is 112 Å². The van der Waals surface area contributed by atoms with Crippen molar-refractivity contribution in [3.8, 4) is 0 Å². The Kier molecular flexibility index (Phi) is 2.30. The van der Waals surface area contributed by atoms with Gasteiger partial charge in [0.25, 0.3) is 0 Å². The predicted octanol–water partition coefficient (Wildman–Crippen LogP) is 2.17. The van der Waals surface area contributed by atoms with Crippen molar-refractivity contribution in [3.63, 3.8) is 0 Å². The number of rotatable bonds is 0. The smallest absolute Gasteiger partial charge is 0.137 e. The molecule has 1 aromatic heterocycles. The van der Waals surface area contributed by atoms with Crippen molar-refractivity contribution in [1.82, 2.24) is 4.98 Å². The van der Waals surface area contributed by atoms with E-state index >= 15 is 0 Å². The summed E-state index contributed by atoms with van der Waals surface area (Å²) < 4.78 is 0. The molecule has 0 bridgehead atoms. The molecular formula is C15H19N2S+. The Morgan fingerprint density at radius 2 is 2.17 bits per heavy atom. The topological polar surface area (TPSA) is 20.2 Å². The molecule has 1 aromatic carbocycles. The van der Waals surface area contributed by atoms with Crippen LogP contribution < -0.4 is 4.90 Å². The zero-order chi connectivity index (χ0) is 12.2. The van der Waals surface area contributed by atoms with Gasteiger partial charge in [-0.1, -0.05) is 18.2 Å². The molecule has 4 rings (SSSR count). The van der Waals surface area contributed by atoms with Gasteiger partial charge in [-0.15, -0.1) is 11.8 Å². The van der Waals surface area contributed by atoms with Gasteiger partial charge in [0.15, 0.2) is 0 Å². The summed E-state index contributed by atoms with van der Waals surface area (Å²) in [7, 11) is 0. The quantitative estimate of drug-likeness (QED) is 0.743. The van der Waals surface area contributed by atoms with Gasteiger partial charge in [-0.3, -0.25) is 0 Å². The van der Waals surface area contributed by atoms with Gasteiger partial charge >= 0.3 is 0 Å². The lowest BCUT2D eigenvalue weighted by Gasteiger charge is -2.29. The van der Waals surface area contributed by atoms with Gasteiger partial charge in [-0.25, -0.2) is 0 Å². The molecule has 94 valence electrons. The fraction of sp³-hybridized carbons (Fsp3) is 0.467. The molecule has 0 spiro atoms. The molecule has 3 heteroatoms. The van der Waals surface area contributed by atoms with Crippen molar-refractivity contribution in [2.75, 3.05) is 18.8 Å². The van der Waals surface area contributed by atoms with Gasteiger partial charge in [0, 0.05) is 34.4 Å². The highest BCUT2D eigenvalue weighted by Crippen LogP contribution is 2.40. The van der Waals surface area contributed by atoms with Crippen molar-refractivity contribution in [1.29, 1.82) is 0 Å². The van der Waals surface area contributed by atoms with Gasteiger partial charge < -0.3 is 9.88 Å². The Hall–Kier alpha value is -0.930. The van der Waals surface area contributed by atoms with E-state index in [4.69, 9.17) is 0 Å². The number of benzene rings is 1. The van der Waals surface area contributed by atoms with Crippen LogP contribution in [0.3, 0.4) is 0 Å². The monoisotopic (exact) mass is 259 g/mol. The van der Waals surface area contributed by atoms with Crippen LogP contribution in [0.4, 0.5) is 0 Å². The van der Waals surface area contributed by atoms with Crippen LogP contribution in [0.25, 0.3) is 10.9 Å². The summed E-state index contributed by atoms with van der Waals surface area (Å²) in [5, 5.41) is 1.42. The number of nitrogens with one attached hydrogen (secondary N) is 2. The second kappa shape index (κ2) is 3.78. The Morgan fingerprint density at radius 3 is 3.11 bits per heavy atom. The molecule has 2 N–H and O–H groups in total. The van der Waals surface area contributed by atoms with E-state index in [1.54, 1.807) is 4.90 Å². The highest BCUT2D eigenvalue weighted by atomic mass is 32.2. The van der Waals surface area contributed by atoms with Crippen LogP contribution in [0.2, 0.25) is 0 Å². The number of aromatic amines is 1. The van der Waals surface area contributed by atoms with Gasteiger partial charge in [0.05, 0.1) is 18.8 Å². The van der Waals surface area contributed by atoms with E-state index in [0.29, 0.717) is 5.54 Å². The van der Waals surface area contributed by atoms with Crippen LogP contribution in [0.5, 0.6) is 0 Å². The number of para-hydroxylation sites is 1. The van der Waals surface area contributed by atoms with Crippen molar-refractivity contribution >= 4 is 22.7 Å². The Balaban J connectivity index is 2.00. The summed E-state index contributed by atoms with van der Waals surface area (Å²) in [6.07, 6.45) is 2.69. The van der Waals surface area contributed by atoms with Gasteiger partial charge in [-0.2, -0.15) is 0 Å². The predicted molar refractivity (Wildman–Crippen MR) is 76.3 cm³/mol. The molecule has 2 aliphatic rings. The molecule has 0 radical (unpaired) electrons. The summed E-state index contributed by atoms with van der Waals surface area (Å²) >= 11 is 2.05. The molecule has 2 aliphatic heterocycles. The summed E-state index contributed by atoms with van der Waals surface area (Å²) in [6, 6.07) is 8.76. The van der Waals surface area contributed by atoms with E-state index < -0.39 is 0 Å². The molecule has 2 aromatic rings. The van der Waals surface area contributed by atoms with Crippen molar-refractivity contribution in [2.24, 2.45) is 0 Å². The molecule has 0 aliphatic carbocycles. The third-order valence-electron chi connectivity index (χ3n) is 4.80. The first kappa shape index (κ1) is 10.9. The van der Waals surface area contributed by atoms with Crippen molar-refractivity contribution in [2.45, 2.75) is 30.2 Å². The van der Waals surface area contributed by atoms with E-state index in [0.717, 1.165) is 0 Å². The normalized spacial score (nSPS) is 31.1. The average molecular weight is 259 g/mol. The average Bonchev–Trinajstić information content (AvgIpc) is 2.90. The number of hydrogen-bond acceptors (Lipinski definition) is 1. The van der Waals surface area contributed by atoms with Crippen molar-refractivity contribution in [3.05, 3.63) is 30.0 Å². The van der Waals surface area contributed by atoms with Gasteiger partial charge in [-0.05, 0) is 13.0 Å². The van der Waals surface area contributed by atoms with Crippen molar-refractivity contribution < 1.29 is 4.90 Å². The third kappa shape index (κ3) is 1.35. The molecular weight excluding hydrogens is 240 g/mol. The van der Waals surface area contributed by atoms with Crippen LogP contribution in [0, 0.1) is 0 Å². The highest BCUT2D eigenvalue weighted by Gasteiger charge is 2.46. The number of aromatic nitrogens is 1. The molecule has 1 fully saturated rings. The number of hydrogen-bond donors (Lipinski definition) is 2. The third-order valence-corrected chi connectivity index (χ3v) is 5.92. The maximum Gasteiger partial charge on any atom is 0.137 e. The lowest BCUT2D eigenvalue weighted by Crippen LogP contribution is -3.16. The molecule has 2 nitrogen and oxygen atoms in total. The second-order valence-corrected chi connectivity index (χ2v) is 6.87. The van der Waals surface area contributed by atoms with Gasteiger partial charge in [0.1, 0.15) is 5.54 Å². The maximum absolute atomic E-state index is 3.73. The summed E-state index contributed by atoms with van der Waals surface area (Å²) in [6.45, 7) is 5.10. The fourth-order valence-electron chi connectivity index (χ4n) is 3.74. The van der Waals surface area contributed by atoms with E-state index in [2.05, 4.69) is 36.2 Å². The zero-order valence-electron chi connectivity index (χ0n) is 10.8. The van der Waals surface area contributed by atoms with Crippen LogP contribution in [-0.2, 0) is 5.54 Å². The standard InChI is InChI=1S/C15H18N2S/c1-15-7-4-8-17(15)9-10-18-13-11-5-2-3-6-12(11)16-14(13)15/h2-3,5-6,16H,4,7-10H2,1H3/p+1/t15-/m1/s1. The molecule has 18 heavy (non-hydrogen) atoms. The summed E-state index contributed by atoms with van der Waals surface area (Å²) in [4.78, 5) is 7.02. The SMILES string of the molecule is C[C@]12CCC[NH+]1CCSc1c2[nH]c2ccccc12. The van der Waals surface area contributed by atoms with E-state index in [9.17, 15) is 0 Å². The van der Waals surface area contributed by atoms with E-state index in [-0.39, 0.29) is 0 Å². The largest absolute Gasteiger partial charge is 0.352 e. The zero-order valence-corrected chi connectivity index (χ0v) is 11.6. The van der Waals surface area contributed by atoms with Crippen LogP contribution >= 0.6 is 11.8 Å². The summed E-state index contributed by atoms with van der Waals surface area (Å²) in [5.41, 5.74) is 3.13. The number of H-pyrrole nitrogens is 1. The number of fused-ring (bicyclic) bond motifs is 5. The minimum atomic E-state index is 0.317. The van der Waals surface area contributed by atoms with Crippen LogP contribution in [-0.4, -0.2) is 23.8 Å². The molecule has 0 amide bonds. The molecule has 1 saturated heterocycles. The lowest BCUT2D eigenvalue weighted by atomic mass is 9.94. The Morgan fingerprint density at radius 1 is 1.28 bits per heavy atom. The first-order valence-electron chi connectivity index (χ1n) is 6.88. The van der Waals surface area contributed by atoms with Crippen LogP contribution in [0.15, 0.2) is 29.2 Å². The van der Waals surface area contributed by atoms with E-state index in [1.807, 2.05) is 11.8 Å². The first-order valence-corrected chi connectivity index (χ1v) is 7.87. The fourth-order valence-corrected chi connectivity index (χ4v) is 5.05. The minimum Gasteiger partial charge on any atom is -0.352 e. The highest BCUT2D eigenvalue weighted by molar-refractivity contribution is 7.99. The molecule has 0 saturated carbocycles. The maximum atomic E-state index is 3.73. The summed E-state index contributed by atoms with van der Waals surface area (Å²) in [5.74, 6) is 1.25. The first-order chi connectivity index (χ1) is 8.79. The molecule has 3 heterocycles. The van der Waals surface area contributed by atoms with E-state index in [1.165, 1.54) is 53.2 Å². The van der Waals surface area contributed by atoms with Crippen LogP contribution in [0.1, 0.15) is 25.5 Å². The lowest BCUT2D eigenvalue weighted by molar-refractivity contribution is -0.943. The second-order valence-electron chi connectivity index (χ2n) is 5.76. The number of quaternary nitrogens is 1. The molecule has 2 atom stereocenters.